The molecule has 0 atom stereocenters. The number of nitrogens with zero attached hydrogens (tertiary/aromatic N) is 1. The minimum absolute atomic E-state index is 0.0534. The van der Waals surface area contributed by atoms with Crippen LogP contribution in [-0.4, -0.2) is 48.5 Å². The number of carbonyl (C=O) groups is 3. The maximum atomic E-state index is 12.5. The van der Waals surface area contributed by atoms with E-state index in [1.54, 1.807) is 24.0 Å². The Kier molecular flexibility index (Phi) is 8.11. The number of hydrogen-bond donors (Lipinski definition) is 2. The zero-order chi connectivity index (χ0) is 21.3. The Labute approximate surface area is 178 Å². The van der Waals surface area contributed by atoms with Crippen LogP contribution in [0.5, 0.6) is 0 Å². The average molecular weight is 416 g/mol. The first-order chi connectivity index (χ1) is 14.6. The van der Waals surface area contributed by atoms with Crippen LogP contribution in [0.1, 0.15) is 67.8 Å². The van der Waals surface area contributed by atoms with Crippen LogP contribution in [0.3, 0.4) is 0 Å². The summed E-state index contributed by atoms with van der Waals surface area (Å²) >= 11 is 0. The molecule has 1 aliphatic carbocycles. The van der Waals surface area contributed by atoms with Gasteiger partial charge in [0.2, 0.25) is 5.91 Å². The lowest BCUT2D eigenvalue weighted by atomic mass is 9.88. The molecular formula is C23H33N3O4. The van der Waals surface area contributed by atoms with Crippen molar-refractivity contribution in [2.24, 2.45) is 5.92 Å². The first-order valence-electron chi connectivity index (χ1n) is 11.2. The normalized spacial score (nSPS) is 18.0. The van der Waals surface area contributed by atoms with Gasteiger partial charge >= 0.3 is 6.09 Å². The number of piperidine rings is 1. The van der Waals surface area contributed by atoms with Gasteiger partial charge in [0.25, 0.3) is 5.91 Å². The lowest BCUT2D eigenvalue weighted by Gasteiger charge is -2.31. The number of benzene rings is 1. The lowest BCUT2D eigenvalue weighted by molar-refractivity contribution is -0.126. The molecule has 0 radical (unpaired) electrons. The highest BCUT2D eigenvalue weighted by atomic mass is 16.6. The maximum absolute atomic E-state index is 12.5. The highest BCUT2D eigenvalue weighted by molar-refractivity contribution is 5.94. The number of likely N-dealkylation sites (tertiary alicyclic amines) is 1. The van der Waals surface area contributed by atoms with Crippen LogP contribution in [0.25, 0.3) is 0 Å². The van der Waals surface area contributed by atoms with E-state index in [0.29, 0.717) is 31.8 Å². The van der Waals surface area contributed by atoms with Crippen molar-refractivity contribution in [3.8, 4) is 0 Å². The number of rotatable bonds is 6. The van der Waals surface area contributed by atoms with E-state index in [1.165, 1.54) is 6.42 Å². The minimum atomic E-state index is -0.284. The average Bonchev–Trinajstić information content (AvgIpc) is 2.79. The summed E-state index contributed by atoms with van der Waals surface area (Å²) in [5, 5.41) is 6.08. The molecule has 1 heterocycles. The summed E-state index contributed by atoms with van der Waals surface area (Å²) in [6.45, 7) is 3.83. The Morgan fingerprint density at radius 1 is 1.00 bits per heavy atom. The molecule has 2 aliphatic rings. The summed E-state index contributed by atoms with van der Waals surface area (Å²) in [5.41, 5.74) is 1.59. The van der Waals surface area contributed by atoms with Gasteiger partial charge in [-0.2, -0.15) is 0 Å². The van der Waals surface area contributed by atoms with Gasteiger partial charge in [-0.1, -0.05) is 31.4 Å². The van der Waals surface area contributed by atoms with Gasteiger partial charge in [0.05, 0.1) is 6.61 Å². The number of amides is 3. The minimum Gasteiger partial charge on any atom is -0.450 e. The zero-order valence-corrected chi connectivity index (χ0v) is 17.8. The molecule has 30 heavy (non-hydrogen) atoms. The third kappa shape index (κ3) is 6.21. The van der Waals surface area contributed by atoms with E-state index in [4.69, 9.17) is 4.74 Å². The van der Waals surface area contributed by atoms with Crippen LogP contribution >= 0.6 is 0 Å². The predicted octanol–water partition coefficient (Wildman–Crippen LogP) is 3.23. The molecule has 164 valence electrons. The van der Waals surface area contributed by atoms with Crippen LogP contribution in [0, 0.1) is 5.92 Å². The third-order valence-corrected chi connectivity index (χ3v) is 6.02. The van der Waals surface area contributed by atoms with E-state index < -0.39 is 0 Å². The van der Waals surface area contributed by atoms with E-state index in [2.05, 4.69) is 10.6 Å². The Morgan fingerprint density at radius 2 is 1.67 bits per heavy atom. The molecule has 0 spiro atoms. The number of ether oxygens (including phenoxy) is 1. The molecule has 1 aromatic carbocycles. The van der Waals surface area contributed by atoms with Crippen LogP contribution < -0.4 is 10.6 Å². The standard InChI is InChI=1S/C23H33N3O4/c1-2-30-23(29)26-14-12-20(13-15-26)25-22(28)19-10-8-17(9-11-19)16-24-21(27)18-6-4-3-5-7-18/h8-11,18,20H,2-7,12-16H2,1H3,(H,24,27)(H,25,28). The molecule has 0 aromatic heterocycles. The molecule has 3 amide bonds. The van der Waals surface area contributed by atoms with Crippen molar-refractivity contribution in [2.45, 2.75) is 64.5 Å². The van der Waals surface area contributed by atoms with E-state index in [-0.39, 0.29) is 29.9 Å². The molecule has 1 aromatic rings. The van der Waals surface area contributed by atoms with Crippen molar-refractivity contribution in [1.29, 1.82) is 0 Å². The first kappa shape index (κ1) is 22.1. The van der Waals surface area contributed by atoms with E-state index in [1.807, 2.05) is 12.1 Å². The van der Waals surface area contributed by atoms with Crippen molar-refractivity contribution in [2.75, 3.05) is 19.7 Å². The Bertz CT molecular complexity index is 720. The fourth-order valence-corrected chi connectivity index (χ4v) is 4.16. The number of carbonyl (C=O) groups excluding carboxylic acids is 3. The SMILES string of the molecule is CCOC(=O)N1CCC(NC(=O)c2ccc(CNC(=O)C3CCCCC3)cc2)CC1. The molecule has 7 nitrogen and oxygen atoms in total. The molecule has 1 saturated heterocycles. The van der Waals surface area contributed by atoms with Gasteiger partial charge in [0.15, 0.2) is 0 Å². The monoisotopic (exact) mass is 415 g/mol. The molecule has 0 unspecified atom stereocenters. The first-order valence-corrected chi connectivity index (χ1v) is 11.2. The van der Waals surface area contributed by atoms with Crippen LogP contribution in [0.2, 0.25) is 0 Å². The molecule has 2 fully saturated rings. The van der Waals surface area contributed by atoms with E-state index >= 15 is 0 Å². The molecule has 1 aliphatic heterocycles. The summed E-state index contributed by atoms with van der Waals surface area (Å²) < 4.78 is 5.02. The Balaban J connectivity index is 1.41. The second-order valence-electron chi connectivity index (χ2n) is 8.18. The fraction of sp³-hybridized carbons (Fsp3) is 0.609. The van der Waals surface area contributed by atoms with E-state index in [0.717, 1.165) is 44.1 Å². The van der Waals surface area contributed by atoms with Crippen molar-refractivity contribution in [1.82, 2.24) is 15.5 Å². The van der Waals surface area contributed by atoms with Gasteiger partial charge in [0.1, 0.15) is 0 Å². The van der Waals surface area contributed by atoms with Gasteiger partial charge in [-0.25, -0.2) is 4.79 Å². The van der Waals surface area contributed by atoms with Crippen LogP contribution in [0.4, 0.5) is 4.79 Å². The summed E-state index contributed by atoms with van der Waals surface area (Å²) in [6, 6.07) is 7.42. The number of nitrogens with one attached hydrogen (secondary N) is 2. The highest BCUT2D eigenvalue weighted by Crippen LogP contribution is 2.23. The molecule has 7 heteroatoms. The molecule has 0 bridgehead atoms. The summed E-state index contributed by atoms with van der Waals surface area (Å²) in [6.07, 6.45) is 6.65. The van der Waals surface area contributed by atoms with Gasteiger partial charge in [-0.05, 0) is 50.3 Å². The Morgan fingerprint density at radius 3 is 2.30 bits per heavy atom. The lowest BCUT2D eigenvalue weighted by Crippen LogP contribution is -2.46. The van der Waals surface area contributed by atoms with Crippen LogP contribution in [0.15, 0.2) is 24.3 Å². The summed E-state index contributed by atoms with van der Waals surface area (Å²) in [5.74, 6) is 0.187. The molecular weight excluding hydrogens is 382 g/mol. The smallest absolute Gasteiger partial charge is 0.409 e. The molecule has 2 N–H and O–H groups in total. The van der Waals surface area contributed by atoms with Gasteiger partial charge in [0, 0.05) is 37.2 Å². The molecule has 1 saturated carbocycles. The molecule has 3 rings (SSSR count). The van der Waals surface area contributed by atoms with Gasteiger partial charge < -0.3 is 20.3 Å². The maximum Gasteiger partial charge on any atom is 0.409 e. The van der Waals surface area contributed by atoms with Gasteiger partial charge in [-0.3, -0.25) is 9.59 Å². The summed E-state index contributed by atoms with van der Waals surface area (Å²) in [4.78, 5) is 38.2. The second-order valence-corrected chi connectivity index (χ2v) is 8.18. The van der Waals surface area contributed by atoms with Crippen molar-refractivity contribution >= 4 is 17.9 Å². The number of hydrogen-bond acceptors (Lipinski definition) is 4. The third-order valence-electron chi connectivity index (χ3n) is 6.02. The largest absolute Gasteiger partial charge is 0.450 e. The second kappa shape index (κ2) is 11.0. The van der Waals surface area contributed by atoms with E-state index in [9.17, 15) is 14.4 Å². The van der Waals surface area contributed by atoms with Crippen molar-refractivity contribution < 1.29 is 19.1 Å². The van der Waals surface area contributed by atoms with Crippen LogP contribution in [-0.2, 0) is 16.1 Å². The Hall–Kier alpha value is -2.57. The summed E-state index contributed by atoms with van der Waals surface area (Å²) in [7, 11) is 0. The predicted molar refractivity (Wildman–Crippen MR) is 114 cm³/mol. The highest BCUT2D eigenvalue weighted by Gasteiger charge is 2.25. The topological polar surface area (TPSA) is 87.7 Å². The van der Waals surface area contributed by atoms with Crippen molar-refractivity contribution in [3.05, 3.63) is 35.4 Å². The van der Waals surface area contributed by atoms with Crippen molar-refractivity contribution in [3.63, 3.8) is 0 Å². The quantitative estimate of drug-likeness (QED) is 0.747. The van der Waals surface area contributed by atoms with Gasteiger partial charge in [-0.15, -0.1) is 0 Å². The fourth-order valence-electron chi connectivity index (χ4n) is 4.16. The zero-order valence-electron chi connectivity index (χ0n) is 17.8.